The molecule has 0 aromatic heterocycles. The summed E-state index contributed by atoms with van der Waals surface area (Å²) in [6.07, 6.45) is 0. The van der Waals surface area contributed by atoms with Gasteiger partial charge >= 0.3 is 6.61 Å². The molecule has 2 rings (SSSR count). The molecule has 0 saturated carbocycles. The number of ether oxygens (including phenoxy) is 2. The summed E-state index contributed by atoms with van der Waals surface area (Å²) in [6.45, 7) is -0.346. The molecule has 0 aliphatic carbocycles. The molecule has 0 heterocycles. The minimum absolute atomic E-state index is 0.0377. The minimum Gasteiger partial charge on any atom is -0.494 e. The molecule has 0 radical (unpaired) electrons. The number of hydrogen-bond donors (Lipinski definition) is 0. The number of rotatable bonds is 8. The van der Waals surface area contributed by atoms with Gasteiger partial charge in [-0.25, -0.2) is 0 Å². The SMILES string of the molecule is CCOc1ccc(SCC(=O)c2ccc(OC(F)F)cc2)cc1. The van der Waals surface area contributed by atoms with E-state index in [1.165, 1.54) is 36.0 Å². The lowest BCUT2D eigenvalue weighted by Crippen LogP contribution is -2.04. The maximum absolute atomic E-state index is 12.1. The zero-order valence-electron chi connectivity index (χ0n) is 12.5. The fourth-order valence-corrected chi connectivity index (χ4v) is 2.65. The van der Waals surface area contributed by atoms with Crippen molar-refractivity contribution in [3.8, 4) is 11.5 Å². The largest absolute Gasteiger partial charge is 0.494 e. The standard InChI is InChI=1S/C17H16F2O3S/c1-2-21-13-7-9-15(10-8-13)23-11-16(20)12-3-5-14(6-4-12)22-17(18)19/h3-10,17H,2,11H2,1H3. The highest BCUT2D eigenvalue weighted by atomic mass is 32.2. The van der Waals surface area contributed by atoms with Gasteiger partial charge in [0.15, 0.2) is 5.78 Å². The van der Waals surface area contributed by atoms with Crippen molar-refractivity contribution in [3.63, 3.8) is 0 Å². The lowest BCUT2D eigenvalue weighted by molar-refractivity contribution is -0.0498. The van der Waals surface area contributed by atoms with Crippen LogP contribution in [0, 0.1) is 0 Å². The molecule has 0 unspecified atom stereocenters. The van der Waals surface area contributed by atoms with Crippen LogP contribution >= 0.6 is 11.8 Å². The maximum atomic E-state index is 12.1. The van der Waals surface area contributed by atoms with Gasteiger partial charge < -0.3 is 9.47 Å². The van der Waals surface area contributed by atoms with Crippen LogP contribution in [0.4, 0.5) is 8.78 Å². The van der Waals surface area contributed by atoms with Gasteiger partial charge in [-0.3, -0.25) is 4.79 Å². The molecule has 0 spiro atoms. The summed E-state index contributed by atoms with van der Waals surface area (Å²) >= 11 is 1.41. The second-order valence-electron chi connectivity index (χ2n) is 4.52. The van der Waals surface area contributed by atoms with Crippen molar-refractivity contribution in [2.45, 2.75) is 18.4 Å². The first-order chi connectivity index (χ1) is 11.1. The van der Waals surface area contributed by atoms with Crippen LogP contribution in [0.1, 0.15) is 17.3 Å². The van der Waals surface area contributed by atoms with Crippen LogP contribution in [0.25, 0.3) is 0 Å². The normalized spacial score (nSPS) is 10.6. The Bertz CT molecular complexity index is 627. The third-order valence-electron chi connectivity index (χ3n) is 2.91. The van der Waals surface area contributed by atoms with E-state index in [1.807, 2.05) is 31.2 Å². The zero-order chi connectivity index (χ0) is 16.7. The van der Waals surface area contributed by atoms with Crippen LogP contribution in [0.5, 0.6) is 11.5 Å². The quantitative estimate of drug-likeness (QED) is 0.518. The Hall–Kier alpha value is -2.08. The Balaban J connectivity index is 1.88. The number of Topliss-reactive ketones (excluding diaryl/α,β-unsaturated/α-hetero) is 1. The summed E-state index contributed by atoms with van der Waals surface area (Å²) in [5.74, 6) is 1.02. The predicted octanol–water partition coefficient (Wildman–Crippen LogP) is 4.66. The molecule has 122 valence electrons. The second kappa shape index (κ2) is 8.53. The van der Waals surface area contributed by atoms with Crippen LogP contribution in [-0.2, 0) is 0 Å². The maximum Gasteiger partial charge on any atom is 0.387 e. The molecule has 0 bridgehead atoms. The Morgan fingerprint density at radius 2 is 1.65 bits per heavy atom. The van der Waals surface area contributed by atoms with E-state index in [2.05, 4.69) is 4.74 Å². The third kappa shape index (κ3) is 5.56. The van der Waals surface area contributed by atoms with Crippen molar-refractivity contribution >= 4 is 17.5 Å². The van der Waals surface area contributed by atoms with E-state index in [9.17, 15) is 13.6 Å². The van der Waals surface area contributed by atoms with E-state index in [4.69, 9.17) is 4.74 Å². The van der Waals surface area contributed by atoms with Gasteiger partial charge in [-0.15, -0.1) is 11.8 Å². The summed E-state index contributed by atoms with van der Waals surface area (Å²) in [6, 6.07) is 13.2. The number of hydrogen-bond acceptors (Lipinski definition) is 4. The molecule has 6 heteroatoms. The Morgan fingerprint density at radius 3 is 2.22 bits per heavy atom. The van der Waals surface area contributed by atoms with Crippen LogP contribution in [-0.4, -0.2) is 24.8 Å². The van der Waals surface area contributed by atoms with Crippen LogP contribution in [0.2, 0.25) is 0 Å². The van der Waals surface area contributed by atoms with Gasteiger partial charge in [-0.2, -0.15) is 8.78 Å². The van der Waals surface area contributed by atoms with E-state index in [1.54, 1.807) is 0 Å². The number of thioether (sulfide) groups is 1. The van der Waals surface area contributed by atoms with E-state index >= 15 is 0 Å². The zero-order valence-corrected chi connectivity index (χ0v) is 13.3. The van der Waals surface area contributed by atoms with E-state index in [0.717, 1.165) is 10.6 Å². The highest BCUT2D eigenvalue weighted by Gasteiger charge is 2.09. The lowest BCUT2D eigenvalue weighted by Gasteiger charge is -2.06. The Morgan fingerprint density at radius 1 is 1.04 bits per heavy atom. The Labute approximate surface area is 137 Å². The molecular weight excluding hydrogens is 322 g/mol. The molecule has 0 atom stereocenters. The van der Waals surface area contributed by atoms with Gasteiger partial charge in [0.1, 0.15) is 11.5 Å². The first-order valence-corrected chi connectivity index (χ1v) is 8.00. The van der Waals surface area contributed by atoms with E-state index < -0.39 is 6.61 Å². The fourth-order valence-electron chi connectivity index (χ4n) is 1.85. The molecule has 23 heavy (non-hydrogen) atoms. The van der Waals surface area contributed by atoms with Gasteiger partial charge in [0.05, 0.1) is 12.4 Å². The summed E-state index contributed by atoms with van der Waals surface area (Å²) in [7, 11) is 0. The highest BCUT2D eigenvalue weighted by Crippen LogP contribution is 2.23. The van der Waals surface area contributed by atoms with Crippen LogP contribution in [0.3, 0.4) is 0 Å². The van der Waals surface area contributed by atoms with Crippen molar-refractivity contribution in [1.82, 2.24) is 0 Å². The molecular formula is C17H16F2O3S. The highest BCUT2D eigenvalue weighted by molar-refractivity contribution is 8.00. The molecule has 0 fully saturated rings. The number of alkyl halides is 2. The van der Waals surface area contributed by atoms with Gasteiger partial charge in [0.2, 0.25) is 0 Å². The monoisotopic (exact) mass is 338 g/mol. The van der Waals surface area contributed by atoms with Crippen LogP contribution in [0.15, 0.2) is 53.4 Å². The first kappa shape index (κ1) is 17.3. The average molecular weight is 338 g/mol. The van der Waals surface area contributed by atoms with Crippen molar-refractivity contribution < 1.29 is 23.0 Å². The number of ketones is 1. The molecule has 0 amide bonds. The van der Waals surface area contributed by atoms with Crippen molar-refractivity contribution in [2.75, 3.05) is 12.4 Å². The Kier molecular flexibility index (Phi) is 6.40. The predicted molar refractivity (Wildman–Crippen MR) is 85.7 cm³/mol. The fraction of sp³-hybridized carbons (Fsp3) is 0.235. The molecule has 0 N–H and O–H groups in total. The molecule has 0 aliphatic heterocycles. The van der Waals surface area contributed by atoms with Crippen LogP contribution < -0.4 is 9.47 Å². The van der Waals surface area contributed by atoms with Gasteiger partial charge in [0, 0.05) is 10.5 Å². The first-order valence-electron chi connectivity index (χ1n) is 7.02. The number of benzene rings is 2. The lowest BCUT2D eigenvalue weighted by atomic mass is 10.1. The molecule has 2 aromatic carbocycles. The molecule has 2 aromatic rings. The van der Waals surface area contributed by atoms with Crippen molar-refractivity contribution in [3.05, 3.63) is 54.1 Å². The van der Waals surface area contributed by atoms with E-state index in [0.29, 0.717) is 12.2 Å². The number of carbonyl (C=O) groups excluding carboxylic acids is 1. The summed E-state index contributed by atoms with van der Waals surface area (Å²) in [4.78, 5) is 13.0. The third-order valence-corrected chi connectivity index (χ3v) is 3.92. The molecule has 0 aliphatic rings. The molecule has 0 saturated heterocycles. The minimum atomic E-state index is -2.87. The van der Waals surface area contributed by atoms with E-state index in [-0.39, 0.29) is 17.3 Å². The van der Waals surface area contributed by atoms with Gasteiger partial charge in [-0.05, 0) is 55.5 Å². The average Bonchev–Trinajstić information content (AvgIpc) is 2.54. The topological polar surface area (TPSA) is 35.5 Å². The number of carbonyl (C=O) groups is 1. The second-order valence-corrected chi connectivity index (χ2v) is 5.57. The van der Waals surface area contributed by atoms with Gasteiger partial charge in [0.25, 0.3) is 0 Å². The smallest absolute Gasteiger partial charge is 0.387 e. The summed E-state index contributed by atoms with van der Waals surface area (Å²) in [5, 5.41) is 0. The van der Waals surface area contributed by atoms with Crippen molar-refractivity contribution in [2.24, 2.45) is 0 Å². The van der Waals surface area contributed by atoms with Crippen molar-refractivity contribution in [1.29, 1.82) is 0 Å². The molecule has 3 nitrogen and oxygen atoms in total. The van der Waals surface area contributed by atoms with Gasteiger partial charge in [-0.1, -0.05) is 0 Å². The summed E-state index contributed by atoms with van der Waals surface area (Å²) in [5.41, 5.74) is 0.463. The number of halogens is 2. The summed E-state index contributed by atoms with van der Waals surface area (Å²) < 4.78 is 33.7.